The molecule has 0 aliphatic heterocycles. The molecule has 1 unspecified atom stereocenters. The minimum Gasteiger partial charge on any atom is -0.383 e. The van der Waals surface area contributed by atoms with Crippen LogP contribution in [0, 0.1) is 0 Å². The van der Waals surface area contributed by atoms with E-state index in [9.17, 15) is 0 Å². The van der Waals surface area contributed by atoms with Crippen LogP contribution in [0.1, 0.15) is 37.2 Å². The first-order valence-corrected chi connectivity index (χ1v) is 5.36. The third-order valence-corrected chi connectivity index (χ3v) is 2.94. The number of fused-ring (bicyclic) bond motifs is 1. The van der Waals surface area contributed by atoms with E-state index in [0.29, 0.717) is 6.04 Å². The summed E-state index contributed by atoms with van der Waals surface area (Å²) in [5.41, 5.74) is 2.74. The fourth-order valence-corrected chi connectivity index (χ4v) is 2.19. The van der Waals surface area contributed by atoms with Crippen molar-refractivity contribution in [3.05, 3.63) is 17.7 Å². The molecule has 0 N–H and O–H groups in total. The van der Waals surface area contributed by atoms with Crippen molar-refractivity contribution < 1.29 is 4.74 Å². The normalized spacial score (nSPS) is 17.9. The van der Waals surface area contributed by atoms with Crippen molar-refractivity contribution in [1.29, 1.82) is 0 Å². The van der Waals surface area contributed by atoms with E-state index in [0.717, 1.165) is 13.0 Å². The molecule has 2 rings (SSSR count). The molecule has 0 bridgehead atoms. The summed E-state index contributed by atoms with van der Waals surface area (Å²) >= 11 is 0. The molecule has 14 heavy (non-hydrogen) atoms. The molecule has 1 aromatic rings. The SMILES string of the molecule is COCC(C)n1cnc2c1CCCC2. The molecule has 0 amide bonds. The van der Waals surface area contributed by atoms with Gasteiger partial charge in [0.05, 0.1) is 24.7 Å². The highest BCUT2D eigenvalue weighted by Crippen LogP contribution is 2.22. The van der Waals surface area contributed by atoms with Gasteiger partial charge in [-0.25, -0.2) is 4.98 Å². The Morgan fingerprint density at radius 1 is 1.50 bits per heavy atom. The van der Waals surface area contributed by atoms with E-state index in [2.05, 4.69) is 16.5 Å². The van der Waals surface area contributed by atoms with Crippen LogP contribution in [0.15, 0.2) is 6.33 Å². The van der Waals surface area contributed by atoms with E-state index in [-0.39, 0.29) is 0 Å². The third-order valence-electron chi connectivity index (χ3n) is 2.94. The fourth-order valence-electron chi connectivity index (χ4n) is 2.19. The summed E-state index contributed by atoms with van der Waals surface area (Å²) < 4.78 is 7.45. The van der Waals surface area contributed by atoms with Crippen LogP contribution >= 0.6 is 0 Å². The summed E-state index contributed by atoms with van der Waals surface area (Å²) in [6.07, 6.45) is 6.91. The number of aryl methyl sites for hydroxylation is 1. The van der Waals surface area contributed by atoms with E-state index >= 15 is 0 Å². The van der Waals surface area contributed by atoms with Gasteiger partial charge in [0, 0.05) is 12.8 Å². The molecule has 1 aliphatic rings. The van der Waals surface area contributed by atoms with Gasteiger partial charge in [-0.3, -0.25) is 0 Å². The largest absolute Gasteiger partial charge is 0.383 e. The van der Waals surface area contributed by atoms with Crippen molar-refractivity contribution in [2.75, 3.05) is 13.7 Å². The highest BCUT2D eigenvalue weighted by Gasteiger charge is 2.17. The Kier molecular flexibility index (Phi) is 2.87. The highest BCUT2D eigenvalue weighted by atomic mass is 16.5. The lowest BCUT2D eigenvalue weighted by Crippen LogP contribution is -2.15. The number of hydrogen-bond donors (Lipinski definition) is 0. The Bertz CT molecular complexity index is 306. The number of imidazole rings is 1. The van der Waals surface area contributed by atoms with Gasteiger partial charge in [-0.15, -0.1) is 0 Å². The molecule has 0 saturated carbocycles. The summed E-state index contributed by atoms with van der Waals surface area (Å²) in [4.78, 5) is 4.47. The zero-order valence-electron chi connectivity index (χ0n) is 8.99. The van der Waals surface area contributed by atoms with Gasteiger partial charge in [-0.2, -0.15) is 0 Å². The maximum absolute atomic E-state index is 5.17. The smallest absolute Gasteiger partial charge is 0.0954 e. The molecular formula is C11H18N2O. The molecule has 1 atom stereocenters. The lowest BCUT2D eigenvalue weighted by atomic mass is 10.0. The van der Waals surface area contributed by atoms with Crippen molar-refractivity contribution in [3.63, 3.8) is 0 Å². The zero-order valence-corrected chi connectivity index (χ0v) is 8.99. The predicted octanol–water partition coefficient (Wildman–Crippen LogP) is 1.97. The van der Waals surface area contributed by atoms with Crippen LogP contribution in [-0.2, 0) is 17.6 Å². The first-order chi connectivity index (χ1) is 6.83. The molecule has 0 saturated heterocycles. The minimum atomic E-state index is 0.411. The van der Waals surface area contributed by atoms with Crippen molar-refractivity contribution in [1.82, 2.24) is 9.55 Å². The first-order valence-electron chi connectivity index (χ1n) is 5.36. The van der Waals surface area contributed by atoms with Crippen LogP contribution in [0.3, 0.4) is 0 Å². The van der Waals surface area contributed by atoms with Crippen LogP contribution in [-0.4, -0.2) is 23.3 Å². The lowest BCUT2D eigenvalue weighted by molar-refractivity contribution is 0.161. The van der Waals surface area contributed by atoms with Gasteiger partial charge in [-0.1, -0.05) is 0 Å². The number of methoxy groups -OCH3 is 1. The van der Waals surface area contributed by atoms with Crippen molar-refractivity contribution in [2.24, 2.45) is 0 Å². The Balaban J connectivity index is 2.21. The van der Waals surface area contributed by atoms with Crippen molar-refractivity contribution in [3.8, 4) is 0 Å². The van der Waals surface area contributed by atoms with Crippen molar-refractivity contribution >= 4 is 0 Å². The van der Waals surface area contributed by atoms with Crippen LogP contribution in [0.4, 0.5) is 0 Å². The second-order valence-corrected chi connectivity index (χ2v) is 4.06. The summed E-state index contributed by atoms with van der Waals surface area (Å²) in [7, 11) is 1.75. The topological polar surface area (TPSA) is 27.1 Å². The zero-order chi connectivity index (χ0) is 9.97. The van der Waals surface area contributed by atoms with E-state index in [4.69, 9.17) is 4.74 Å². The summed E-state index contributed by atoms with van der Waals surface area (Å²) in [5, 5.41) is 0. The van der Waals surface area contributed by atoms with Crippen LogP contribution in [0.25, 0.3) is 0 Å². The molecular weight excluding hydrogens is 176 g/mol. The second-order valence-electron chi connectivity index (χ2n) is 4.06. The average Bonchev–Trinajstić information content (AvgIpc) is 2.61. The Morgan fingerprint density at radius 3 is 3.07 bits per heavy atom. The standard InChI is InChI=1S/C11H18N2O/c1-9(7-14-2)13-8-12-10-5-3-4-6-11(10)13/h8-9H,3-7H2,1-2H3. The van der Waals surface area contributed by atoms with Crippen LogP contribution < -0.4 is 0 Å². The summed E-state index contributed by atoms with van der Waals surface area (Å²) in [6.45, 7) is 2.95. The van der Waals surface area contributed by atoms with E-state index in [1.165, 1.54) is 30.7 Å². The Labute approximate surface area is 85.1 Å². The quantitative estimate of drug-likeness (QED) is 0.735. The predicted molar refractivity (Wildman–Crippen MR) is 55.5 cm³/mol. The summed E-state index contributed by atoms with van der Waals surface area (Å²) in [5.74, 6) is 0. The molecule has 1 aromatic heterocycles. The minimum absolute atomic E-state index is 0.411. The molecule has 78 valence electrons. The van der Waals surface area contributed by atoms with E-state index in [1.807, 2.05) is 6.33 Å². The number of ether oxygens (including phenoxy) is 1. The molecule has 1 heterocycles. The molecule has 3 heteroatoms. The molecule has 1 aliphatic carbocycles. The number of aromatic nitrogens is 2. The monoisotopic (exact) mass is 194 g/mol. The van der Waals surface area contributed by atoms with Gasteiger partial charge in [0.15, 0.2) is 0 Å². The van der Waals surface area contributed by atoms with Crippen molar-refractivity contribution in [2.45, 2.75) is 38.6 Å². The molecule has 3 nitrogen and oxygen atoms in total. The second kappa shape index (κ2) is 4.13. The first kappa shape index (κ1) is 9.71. The van der Waals surface area contributed by atoms with Gasteiger partial charge in [0.1, 0.15) is 0 Å². The van der Waals surface area contributed by atoms with E-state index < -0.39 is 0 Å². The third kappa shape index (κ3) is 1.69. The molecule has 0 aromatic carbocycles. The molecule has 0 fully saturated rings. The Morgan fingerprint density at radius 2 is 2.29 bits per heavy atom. The van der Waals surface area contributed by atoms with Gasteiger partial charge in [0.25, 0.3) is 0 Å². The van der Waals surface area contributed by atoms with Crippen LogP contribution in [0.5, 0.6) is 0 Å². The lowest BCUT2D eigenvalue weighted by Gasteiger charge is -2.18. The van der Waals surface area contributed by atoms with Crippen LogP contribution in [0.2, 0.25) is 0 Å². The maximum atomic E-state index is 5.17. The number of nitrogens with zero attached hydrogens (tertiary/aromatic N) is 2. The molecule has 0 spiro atoms. The number of rotatable bonds is 3. The Hall–Kier alpha value is -0.830. The fraction of sp³-hybridized carbons (Fsp3) is 0.727. The average molecular weight is 194 g/mol. The summed E-state index contributed by atoms with van der Waals surface area (Å²) in [6, 6.07) is 0.411. The van der Waals surface area contributed by atoms with E-state index in [1.54, 1.807) is 7.11 Å². The van der Waals surface area contributed by atoms with Gasteiger partial charge < -0.3 is 9.30 Å². The van der Waals surface area contributed by atoms with Gasteiger partial charge in [-0.05, 0) is 32.6 Å². The number of hydrogen-bond acceptors (Lipinski definition) is 2. The van der Waals surface area contributed by atoms with Gasteiger partial charge >= 0.3 is 0 Å². The molecule has 0 radical (unpaired) electrons. The van der Waals surface area contributed by atoms with Gasteiger partial charge in [0.2, 0.25) is 0 Å². The maximum Gasteiger partial charge on any atom is 0.0954 e. The highest BCUT2D eigenvalue weighted by molar-refractivity contribution is 5.17.